The number of ketones is 1. The summed E-state index contributed by atoms with van der Waals surface area (Å²) in [5, 5.41) is 10.7. The lowest BCUT2D eigenvalue weighted by Gasteiger charge is -2.05. The molecule has 1 aromatic carbocycles. The number of unbranched alkanes of at least 4 members (excludes halogenated alkanes) is 1. The molecule has 0 heterocycles. The second-order valence-corrected chi connectivity index (χ2v) is 3.66. The van der Waals surface area contributed by atoms with Gasteiger partial charge in [0.25, 0.3) is 0 Å². The SMILES string of the molecule is CCCCC(=O)COc1ccccc1[N+](=O)[O-]. The normalized spacial score (nSPS) is 9.94. The highest BCUT2D eigenvalue weighted by atomic mass is 16.6. The van der Waals surface area contributed by atoms with Crippen molar-refractivity contribution in [3.8, 4) is 5.75 Å². The second-order valence-electron chi connectivity index (χ2n) is 3.66. The number of nitrogens with zero attached hydrogens (tertiary/aromatic N) is 1. The van der Waals surface area contributed by atoms with Crippen molar-refractivity contribution in [2.75, 3.05) is 6.61 Å². The highest BCUT2D eigenvalue weighted by Gasteiger charge is 2.14. The van der Waals surface area contributed by atoms with Crippen LogP contribution in [0, 0.1) is 10.1 Å². The van der Waals surface area contributed by atoms with E-state index in [2.05, 4.69) is 0 Å². The van der Waals surface area contributed by atoms with Crippen molar-refractivity contribution in [1.82, 2.24) is 0 Å². The summed E-state index contributed by atoms with van der Waals surface area (Å²) < 4.78 is 5.17. The minimum atomic E-state index is -0.522. The molecular weight excluding hydrogens is 222 g/mol. The number of para-hydroxylation sites is 2. The summed E-state index contributed by atoms with van der Waals surface area (Å²) in [6.45, 7) is 1.89. The number of carbonyl (C=O) groups is 1. The molecule has 0 aliphatic heterocycles. The first-order valence-corrected chi connectivity index (χ1v) is 5.53. The molecule has 0 N–H and O–H groups in total. The van der Waals surface area contributed by atoms with Crippen LogP contribution in [0.25, 0.3) is 0 Å². The number of hydrogen-bond acceptors (Lipinski definition) is 4. The number of ether oxygens (including phenoxy) is 1. The van der Waals surface area contributed by atoms with Crippen LogP contribution in [0.3, 0.4) is 0 Å². The van der Waals surface area contributed by atoms with Crippen LogP contribution < -0.4 is 4.74 Å². The van der Waals surface area contributed by atoms with Gasteiger partial charge in [-0.1, -0.05) is 25.5 Å². The Kier molecular flexibility index (Phi) is 5.13. The van der Waals surface area contributed by atoms with Gasteiger partial charge in [0.1, 0.15) is 6.61 Å². The van der Waals surface area contributed by atoms with Crippen molar-refractivity contribution >= 4 is 11.5 Å². The Balaban J connectivity index is 2.57. The van der Waals surface area contributed by atoms with Gasteiger partial charge in [0, 0.05) is 12.5 Å². The summed E-state index contributed by atoms with van der Waals surface area (Å²) in [4.78, 5) is 21.5. The molecule has 0 spiro atoms. The molecule has 0 amide bonds. The number of benzene rings is 1. The van der Waals surface area contributed by atoms with Gasteiger partial charge in [-0.05, 0) is 12.5 Å². The van der Waals surface area contributed by atoms with Crippen LogP contribution in [0.2, 0.25) is 0 Å². The Morgan fingerprint density at radius 2 is 2.12 bits per heavy atom. The fraction of sp³-hybridized carbons (Fsp3) is 0.417. The molecule has 1 rings (SSSR count). The summed E-state index contributed by atoms with van der Waals surface area (Å²) in [5.74, 6) is 0.104. The lowest BCUT2D eigenvalue weighted by molar-refractivity contribution is -0.385. The van der Waals surface area contributed by atoms with Gasteiger partial charge in [-0.25, -0.2) is 0 Å². The minimum absolute atomic E-state index is 0.0370. The van der Waals surface area contributed by atoms with Gasteiger partial charge in [-0.15, -0.1) is 0 Å². The van der Waals surface area contributed by atoms with E-state index >= 15 is 0 Å². The molecule has 1 aromatic rings. The molecule has 5 heteroatoms. The Hall–Kier alpha value is -1.91. The van der Waals surface area contributed by atoms with E-state index in [0.29, 0.717) is 6.42 Å². The zero-order chi connectivity index (χ0) is 12.7. The largest absolute Gasteiger partial charge is 0.479 e. The first-order chi connectivity index (χ1) is 8.15. The van der Waals surface area contributed by atoms with Gasteiger partial charge in [-0.3, -0.25) is 14.9 Å². The Bertz CT molecular complexity index is 403. The van der Waals surface area contributed by atoms with Crippen molar-refractivity contribution in [3.63, 3.8) is 0 Å². The van der Waals surface area contributed by atoms with Crippen LogP contribution >= 0.6 is 0 Å². The van der Waals surface area contributed by atoms with E-state index < -0.39 is 4.92 Å². The van der Waals surface area contributed by atoms with E-state index in [1.807, 2.05) is 6.92 Å². The van der Waals surface area contributed by atoms with Crippen LogP contribution in [-0.2, 0) is 4.79 Å². The van der Waals surface area contributed by atoms with E-state index in [9.17, 15) is 14.9 Å². The van der Waals surface area contributed by atoms with Crippen LogP contribution in [0.15, 0.2) is 24.3 Å². The maximum atomic E-state index is 11.4. The molecule has 0 atom stereocenters. The number of carbonyl (C=O) groups excluding carboxylic acids is 1. The maximum Gasteiger partial charge on any atom is 0.310 e. The summed E-state index contributed by atoms with van der Waals surface area (Å²) in [5.41, 5.74) is -0.115. The molecule has 92 valence electrons. The molecule has 0 aliphatic rings. The fourth-order valence-electron chi connectivity index (χ4n) is 1.33. The number of nitro benzene ring substituents is 1. The average Bonchev–Trinajstić information content (AvgIpc) is 2.34. The summed E-state index contributed by atoms with van der Waals surface area (Å²) in [7, 11) is 0. The highest BCUT2D eigenvalue weighted by molar-refractivity contribution is 5.80. The van der Waals surface area contributed by atoms with Gasteiger partial charge < -0.3 is 4.74 Å². The van der Waals surface area contributed by atoms with Crippen LogP contribution in [0.5, 0.6) is 5.75 Å². The lowest BCUT2D eigenvalue weighted by atomic mass is 10.2. The van der Waals surface area contributed by atoms with Crippen molar-refractivity contribution in [1.29, 1.82) is 0 Å². The maximum absolute atomic E-state index is 11.4. The van der Waals surface area contributed by atoms with Gasteiger partial charge in [-0.2, -0.15) is 0 Å². The number of nitro groups is 1. The summed E-state index contributed by atoms with van der Waals surface area (Å²) >= 11 is 0. The third-order valence-electron chi connectivity index (χ3n) is 2.26. The number of Topliss-reactive ketones (excluding diaryl/α,β-unsaturated/α-hetero) is 1. The van der Waals surface area contributed by atoms with E-state index in [4.69, 9.17) is 4.74 Å². The van der Waals surface area contributed by atoms with Gasteiger partial charge in [0.2, 0.25) is 0 Å². The standard InChI is InChI=1S/C12H15NO4/c1-2-3-6-10(14)9-17-12-8-5-4-7-11(12)13(15)16/h4-5,7-8H,2-3,6,9H2,1H3. The van der Waals surface area contributed by atoms with E-state index in [-0.39, 0.29) is 23.8 Å². The number of rotatable bonds is 7. The quantitative estimate of drug-likeness (QED) is 0.540. The smallest absolute Gasteiger partial charge is 0.310 e. The zero-order valence-electron chi connectivity index (χ0n) is 9.72. The molecule has 0 fully saturated rings. The van der Waals surface area contributed by atoms with E-state index in [1.54, 1.807) is 12.1 Å². The van der Waals surface area contributed by atoms with E-state index in [0.717, 1.165) is 12.8 Å². The Labute approximate surface area is 99.5 Å². The van der Waals surface area contributed by atoms with Crippen molar-refractivity contribution in [2.24, 2.45) is 0 Å². The molecule has 0 aliphatic carbocycles. The lowest BCUT2D eigenvalue weighted by Crippen LogP contribution is -2.11. The van der Waals surface area contributed by atoms with Crippen LogP contribution in [-0.4, -0.2) is 17.3 Å². The van der Waals surface area contributed by atoms with Crippen molar-refractivity contribution in [3.05, 3.63) is 34.4 Å². The molecule has 0 radical (unpaired) electrons. The molecule has 5 nitrogen and oxygen atoms in total. The van der Waals surface area contributed by atoms with Crippen molar-refractivity contribution < 1.29 is 14.5 Å². The van der Waals surface area contributed by atoms with Crippen LogP contribution in [0.4, 0.5) is 5.69 Å². The first-order valence-electron chi connectivity index (χ1n) is 5.53. The second kappa shape index (κ2) is 6.62. The van der Waals surface area contributed by atoms with Gasteiger partial charge in [0.05, 0.1) is 4.92 Å². The third kappa shape index (κ3) is 4.22. The third-order valence-corrected chi connectivity index (χ3v) is 2.26. The van der Waals surface area contributed by atoms with Gasteiger partial charge in [0.15, 0.2) is 11.5 Å². The monoisotopic (exact) mass is 237 g/mol. The van der Waals surface area contributed by atoms with Crippen molar-refractivity contribution in [2.45, 2.75) is 26.2 Å². The Morgan fingerprint density at radius 1 is 1.41 bits per heavy atom. The molecular formula is C12H15NO4. The van der Waals surface area contributed by atoms with E-state index in [1.165, 1.54) is 12.1 Å². The summed E-state index contributed by atoms with van der Waals surface area (Å²) in [6, 6.07) is 6.04. The zero-order valence-corrected chi connectivity index (χ0v) is 9.72. The predicted octanol–water partition coefficient (Wildman–Crippen LogP) is 2.73. The molecule has 17 heavy (non-hydrogen) atoms. The molecule has 0 saturated carbocycles. The Morgan fingerprint density at radius 3 is 2.76 bits per heavy atom. The predicted molar refractivity (Wildman–Crippen MR) is 63.1 cm³/mol. The molecule has 0 unspecified atom stereocenters. The van der Waals surface area contributed by atoms with Crippen LogP contribution in [0.1, 0.15) is 26.2 Å². The average molecular weight is 237 g/mol. The molecule has 0 bridgehead atoms. The fourth-order valence-corrected chi connectivity index (χ4v) is 1.33. The number of hydrogen-bond donors (Lipinski definition) is 0. The highest BCUT2D eigenvalue weighted by Crippen LogP contribution is 2.25. The molecule has 0 aromatic heterocycles. The molecule has 0 saturated heterocycles. The topological polar surface area (TPSA) is 69.4 Å². The van der Waals surface area contributed by atoms with Gasteiger partial charge >= 0.3 is 5.69 Å². The minimum Gasteiger partial charge on any atom is -0.479 e. The summed E-state index contributed by atoms with van der Waals surface area (Å²) in [6.07, 6.45) is 2.22. The first kappa shape index (κ1) is 13.2.